The molecule has 124 valence electrons. The minimum atomic E-state index is -0.834. The van der Waals surface area contributed by atoms with Gasteiger partial charge >= 0.3 is 0 Å². The number of hydrogen-bond acceptors (Lipinski definition) is 6. The predicted molar refractivity (Wildman–Crippen MR) is 84.6 cm³/mol. The molecule has 0 saturated carbocycles. The number of rotatable bonds is 4. The molecule has 0 aliphatic carbocycles. The first-order valence-electron chi connectivity index (χ1n) is 7.10. The lowest BCUT2D eigenvalue weighted by atomic mass is 10.2. The summed E-state index contributed by atoms with van der Waals surface area (Å²) >= 11 is 0. The topological polar surface area (TPSA) is 99.9 Å². The summed E-state index contributed by atoms with van der Waals surface area (Å²) in [7, 11) is 1.37. The van der Waals surface area contributed by atoms with E-state index >= 15 is 0 Å². The van der Waals surface area contributed by atoms with Gasteiger partial charge in [-0.25, -0.2) is 0 Å². The standard InChI is InChI=1S/C16H14N2O6/c1-22-14-8-10(18(20)21)6-7-11(14)17-16(19)15-9-23-12-4-2-3-5-13(12)24-15/h2-8,15H,9H2,1H3,(H,17,19). The number of fused-ring (bicyclic) bond motifs is 1. The van der Waals surface area contributed by atoms with Crippen LogP contribution >= 0.6 is 0 Å². The number of nitrogens with zero attached hydrogens (tertiary/aromatic N) is 1. The molecule has 0 aromatic heterocycles. The molecule has 0 spiro atoms. The SMILES string of the molecule is COc1cc([N+](=O)[O-])ccc1NC(=O)C1COc2ccccc2O1. The Labute approximate surface area is 137 Å². The third kappa shape index (κ3) is 3.07. The molecule has 24 heavy (non-hydrogen) atoms. The molecule has 8 nitrogen and oxygen atoms in total. The Balaban J connectivity index is 1.75. The van der Waals surface area contributed by atoms with Gasteiger partial charge in [-0.1, -0.05) is 12.1 Å². The van der Waals surface area contributed by atoms with Gasteiger partial charge in [-0.05, 0) is 18.2 Å². The molecule has 0 bridgehead atoms. The van der Waals surface area contributed by atoms with Gasteiger partial charge in [0.1, 0.15) is 12.4 Å². The van der Waals surface area contributed by atoms with Crippen molar-refractivity contribution in [3.63, 3.8) is 0 Å². The number of nitro groups is 1. The van der Waals surface area contributed by atoms with Crippen molar-refractivity contribution >= 4 is 17.3 Å². The Morgan fingerprint density at radius 1 is 1.29 bits per heavy atom. The number of amides is 1. The summed E-state index contributed by atoms with van der Waals surface area (Å²) in [5.74, 6) is 0.820. The fraction of sp³-hybridized carbons (Fsp3) is 0.188. The van der Waals surface area contributed by atoms with Crippen molar-refractivity contribution in [2.75, 3.05) is 19.0 Å². The van der Waals surface area contributed by atoms with E-state index in [9.17, 15) is 14.9 Å². The molecule has 1 amide bonds. The number of benzene rings is 2. The van der Waals surface area contributed by atoms with Crippen LogP contribution in [0.2, 0.25) is 0 Å². The zero-order chi connectivity index (χ0) is 17.1. The average Bonchev–Trinajstić information content (AvgIpc) is 2.61. The van der Waals surface area contributed by atoms with Gasteiger partial charge in [-0.15, -0.1) is 0 Å². The van der Waals surface area contributed by atoms with Crippen molar-refractivity contribution in [1.29, 1.82) is 0 Å². The molecule has 1 atom stereocenters. The van der Waals surface area contributed by atoms with Crippen molar-refractivity contribution in [3.8, 4) is 17.2 Å². The number of para-hydroxylation sites is 2. The van der Waals surface area contributed by atoms with Crippen LogP contribution in [0, 0.1) is 10.1 Å². The minimum absolute atomic E-state index is 0.0676. The summed E-state index contributed by atoms with van der Waals surface area (Å²) in [6, 6.07) is 11.0. The number of non-ortho nitro benzene ring substituents is 1. The van der Waals surface area contributed by atoms with Crippen molar-refractivity contribution in [3.05, 3.63) is 52.6 Å². The third-order valence-electron chi connectivity index (χ3n) is 3.45. The van der Waals surface area contributed by atoms with Crippen LogP contribution in [0.5, 0.6) is 17.2 Å². The zero-order valence-electron chi connectivity index (χ0n) is 12.7. The Hall–Kier alpha value is -3.29. The predicted octanol–water partition coefficient (Wildman–Crippen LogP) is 2.38. The van der Waals surface area contributed by atoms with Crippen LogP contribution in [0.3, 0.4) is 0 Å². The Morgan fingerprint density at radius 3 is 2.75 bits per heavy atom. The highest BCUT2D eigenvalue weighted by Crippen LogP contribution is 2.32. The van der Waals surface area contributed by atoms with Crippen LogP contribution < -0.4 is 19.5 Å². The van der Waals surface area contributed by atoms with Gasteiger partial charge in [0.2, 0.25) is 6.10 Å². The number of carbonyl (C=O) groups is 1. The number of hydrogen-bond donors (Lipinski definition) is 1. The van der Waals surface area contributed by atoms with Crippen LogP contribution in [0.1, 0.15) is 0 Å². The van der Waals surface area contributed by atoms with E-state index in [0.717, 1.165) is 0 Å². The lowest BCUT2D eigenvalue weighted by Gasteiger charge is -2.25. The number of nitrogens with one attached hydrogen (secondary N) is 1. The number of nitro benzene ring substituents is 1. The van der Waals surface area contributed by atoms with Gasteiger partial charge in [-0.2, -0.15) is 0 Å². The maximum atomic E-state index is 12.4. The first-order valence-corrected chi connectivity index (χ1v) is 7.10. The second kappa shape index (κ2) is 6.45. The van der Waals surface area contributed by atoms with E-state index in [1.807, 2.05) is 6.07 Å². The first-order chi connectivity index (χ1) is 11.6. The summed E-state index contributed by atoms with van der Waals surface area (Å²) < 4.78 is 16.2. The number of anilines is 1. The van der Waals surface area contributed by atoms with E-state index in [1.165, 1.54) is 25.3 Å². The summed E-state index contributed by atoms with van der Waals surface area (Å²) in [6.45, 7) is 0.0676. The maximum absolute atomic E-state index is 12.4. The highest BCUT2D eigenvalue weighted by molar-refractivity contribution is 5.96. The summed E-state index contributed by atoms with van der Waals surface area (Å²) in [5, 5.41) is 13.4. The van der Waals surface area contributed by atoms with Crippen LogP contribution in [0.15, 0.2) is 42.5 Å². The quantitative estimate of drug-likeness (QED) is 0.682. The summed E-state index contributed by atoms with van der Waals surface area (Å²) in [4.78, 5) is 22.6. The summed E-state index contributed by atoms with van der Waals surface area (Å²) in [6.07, 6.45) is -0.834. The lowest BCUT2D eigenvalue weighted by molar-refractivity contribution is -0.384. The number of ether oxygens (including phenoxy) is 3. The fourth-order valence-corrected chi connectivity index (χ4v) is 2.26. The largest absolute Gasteiger partial charge is 0.494 e. The average molecular weight is 330 g/mol. The third-order valence-corrected chi connectivity index (χ3v) is 3.45. The van der Waals surface area contributed by atoms with E-state index in [2.05, 4.69) is 5.32 Å². The minimum Gasteiger partial charge on any atom is -0.494 e. The first kappa shape index (κ1) is 15.6. The van der Waals surface area contributed by atoms with Gasteiger partial charge < -0.3 is 19.5 Å². The van der Waals surface area contributed by atoms with Crippen LogP contribution in [-0.2, 0) is 4.79 Å². The highest BCUT2D eigenvalue weighted by atomic mass is 16.6. The molecule has 2 aromatic rings. The van der Waals surface area contributed by atoms with Gasteiger partial charge in [0.25, 0.3) is 11.6 Å². The molecular formula is C16H14N2O6. The summed E-state index contributed by atoms with van der Waals surface area (Å²) in [5.41, 5.74) is 0.187. The van der Waals surface area contributed by atoms with E-state index in [-0.39, 0.29) is 18.0 Å². The monoisotopic (exact) mass is 330 g/mol. The zero-order valence-corrected chi connectivity index (χ0v) is 12.7. The molecule has 1 heterocycles. The van der Waals surface area contributed by atoms with E-state index in [4.69, 9.17) is 14.2 Å². The molecule has 1 N–H and O–H groups in total. The molecule has 3 rings (SSSR count). The van der Waals surface area contributed by atoms with Gasteiger partial charge in [0.15, 0.2) is 11.5 Å². The Morgan fingerprint density at radius 2 is 2.04 bits per heavy atom. The molecule has 1 aliphatic rings. The molecule has 1 aliphatic heterocycles. The van der Waals surface area contributed by atoms with Crippen molar-refractivity contribution in [1.82, 2.24) is 0 Å². The molecule has 8 heteroatoms. The Kier molecular flexibility index (Phi) is 4.19. The molecule has 1 unspecified atom stereocenters. The molecule has 0 radical (unpaired) electrons. The number of methoxy groups -OCH3 is 1. The van der Waals surface area contributed by atoms with Gasteiger partial charge in [-0.3, -0.25) is 14.9 Å². The fourth-order valence-electron chi connectivity index (χ4n) is 2.26. The van der Waals surface area contributed by atoms with E-state index < -0.39 is 16.9 Å². The van der Waals surface area contributed by atoms with Crippen molar-refractivity contribution in [2.45, 2.75) is 6.10 Å². The second-order valence-corrected chi connectivity index (χ2v) is 5.00. The molecule has 2 aromatic carbocycles. The van der Waals surface area contributed by atoms with Crippen molar-refractivity contribution < 1.29 is 23.9 Å². The highest BCUT2D eigenvalue weighted by Gasteiger charge is 2.28. The molecular weight excluding hydrogens is 316 g/mol. The lowest BCUT2D eigenvalue weighted by Crippen LogP contribution is -2.40. The van der Waals surface area contributed by atoms with E-state index in [0.29, 0.717) is 17.2 Å². The van der Waals surface area contributed by atoms with Gasteiger partial charge in [0.05, 0.1) is 23.8 Å². The maximum Gasteiger partial charge on any atom is 0.273 e. The van der Waals surface area contributed by atoms with Crippen molar-refractivity contribution in [2.24, 2.45) is 0 Å². The van der Waals surface area contributed by atoms with E-state index in [1.54, 1.807) is 18.2 Å². The Bertz CT molecular complexity index is 792. The number of carbonyl (C=O) groups excluding carboxylic acids is 1. The normalized spacial score (nSPS) is 15.5. The molecule has 0 fully saturated rings. The van der Waals surface area contributed by atoms with Crippen LogP contribution in [0.4, 0.5) is 11.4 Å². The smallest absolute Gasteiger partial charge is 0.273 e. The second-order valence-electron chi connectivity index (χ2n) is 5.00. The van der Waals surface area contributed by atoms with Gasteiger partial charge in [0, 0.05) is 6.07 Å². The molecule has 0 saturated heterocycles. The van der Waals surface area contributed by atoms with Crippen LogP contribution in [-0.4, -0.2) is 30.7 Å². The van der Waals surface area contributed by atoms with Crippen LogP contribution in [0.25, 0.3) is 0 Å².